The Hall–Kier alpha value is -3.41. The SMILES string of the molecule is C=CCOc1ccc(/C=N\NC(=O)C(=O)Nc2c(C)cccc2C)cc1. The number of carbonyl (C=O) groups excluding carboxylic acids is 2. The molecule has 0 saturated heterocycles. The highest BCUT2D eigenvalue weighted by Gasteiger charge is 2.14. The van der Waals surface area contributed by atoms with E-state index in [1.54, 1.807) is 30.3 Å². The Morgan fingerprint density at radius 2 is 1.73 bits per heavy atom. The molecule has 2 aromatic carbocycles. The first-order chi connectivity index (χ1) is 12.5. The average molecular weight is 351 g/mol. The van der Waals surface area contributed by atoms with Crippen LogP contribution in [0.25, 0.3) is 0 Å². The fraction of sp³-hybridized carbons (Fsp3) is 0.150. The van der Waals surface area contributed by atoms with Crippen LogP contribution in [-0.4, -0.2) is 24.6 Å². The zero-order valence-corrected chi connectivity index (χ0v) is 14.8. The summed E-state index contributed by atoms with van der Waals surface area (Å²) in [5, 5.41) is 6.40. The van der Waals surface area contributed by atoms with Gasteiger partial charge in [0.05, 0.1) is 6.21 Å². The molecular formula is C20H21N3O3. The van der Waals surface area contributed by atoms with E-state index in [1.807, 2.05) is 32.0 Å². The Kier molecular flexibility index (Phi) is 6.68. The van der Waals surface area contributed by atoms with Crippen molar-refractivity contribution >= 4 is 23.7 Å². The third-order valence-electron chi connectivity index (χ3n) is 3.55. The summed E-state index contributed by atoms with van der Waals surface area (Å²) in [6.45, 7) is 7.74. The van der Waals surface area contributed by atoms with Gasteiger partial charge in [-0.1, -0.05) is 30.9 Å². The number of para-hydroxylation sites is 1. The van der Waals surface area contributed by atoms with Crippen molar-refractivity contribution in [2.45, 2.75) is 13.8 Å². The van der Waals surface area contributed by atoms with Crippen LogP contribution in [0.15, 0.2) is 60.2 Å². The summed E-state index contributed by atoms with van der Waals surface area (Å²) >= 11 is 0. The predicted molar refractivity (Wildman–Crippen MR) is 102 cm³/mol. The number of carbonyl (C=O) groups is 2. The highest BCUT2D eigenvalue weighted by atomic mass is 16.5. The van der Waals surface area contributed by atoms with Crippen molar-refractivity contribution in [3.8, 4) is 5.75 Å². The van der Waals surface area contributed by atoms with Gasteiger partial charge in [-0.25, -0.2) is 5.43 Å². The van der Waals surface area contributed by atoms with Gasteiger partial charge in [-0.15, -0.1) is 0 Å². The number of nitrogens with zero attached hydrogens (tertiary/aromatic N) is 1. The fourth-order valence-electron chi connectivity index (χ4n) is 2.20. The standard InChI is InChI=1S/C20H21N3O3/c1-4-12-26-17-10-8-16(9-11-17)13-21-23-20(25)19(24)22-18-14(2)6-5-7-15(18)3/h4-11,13H,1,12H2,2-3H3,(H,22,24)(H,23,25)/b21-13-. The molecule has 0 unspecified atom stereocenters. The maximum absolute atomic E-state index is 12.0. The van der Waals surface area contributed by atoms with Gasteiger partial charge in [-0.2, -0.15) is 5.10 Å². The van der Waals surface area contributed by atoms with E-state index < -0.39 is 11.8 Å². The van der Waals surface area contributed by atoms with Gasteiger partial charge in [0.1, 0.15) is 12.4 Å². The first-order valence-electron chi connectivity index (χ1n) is 8.05. The first-order valence-corrected chi connectivity index (χ1v) is 8.05. The number of rotatable bonds is 6. The summed E-state index contributed by atoms with van der Waals surface area (Å²) in [6.07, 6.45) is 3.11. The number of amides is 2. The van der Waals surface area contributed by atoms with Crippen molar-refractivity contribution < 1.29 is 14.3 Å². The Balaban J connectivity index is 1.90. The van der Waals surface area contributed by atoms with Crippen LogP contribution in [0.1, 0.15) is 16.7 Å². The van der Waals surface area contributed by atoms with Crippen molar-refractivity contribution in [2.75, 3.05) is 11.9 Å². The highest BCUT2D eigenvalue weighted by Crippen LogP contribution is 2.19. The van der Waals surface area contributed by atoms with Crippen molar-refractivity contribution in [1.82, 2.24) is 5.43 Å². The minimum absolute atomic E-state index is 0.430. The minimum Gasteiger partial charge on any atom is -0.490 e. The molecule has 0 aliphatic heterocycles. The average Bonchev–Trinajstić information content (AvgIpc) is 2.64. The van der Waals surface area contributed by atoms with Crippen molar-refractivity contribution in [2.24, 2.45) is 5.10 Å². The van der Waals surface area contributed by atoms with E-state index in [2.05, 4.69) is 22.4 Å². The number of hydrogen-bond acceptors (Lipinski definition) is 4. The second-order valence-corrected chi connectivity index (χ2v) is 5.59. The van der Waals surface area contributed by atoms with Crippen LogP contribution in [0.5, 0.6) is 5.75 Å². The maximum atomic E-state index is 12.0. The van der Waals surface area contributed by atoms with Gasteiger partial charge in [0.2, 0.25) is 0 Å². The third-order valence-corrected chi connectivity index (χ3v) is 3.55. The lowest BCUT2D eigenvalue weighted by Gasteiger charge is -2.10. The van der Waals surface area contributed by atoms with E-state index >= 15 is 0 Å². The van der Waals surface area contributed by atoms with E-state index in [4.69, 9.17) is 4.74 Å². The van der Waals surface area contributed by atoms with Gasteiger partial charge in [0.25, 0.3) is 0 Å². The second kappa shape index (κ2) is 9.17. The third kappa shape index (κ3) is 5.31. The van der Waals surface area contributed by atoms with Crippen LogP contribution in [0.3, 0.4) is 0 Å². The van der Waals surface area contributed by atoms with E-state index in [0.717, 1.165) is 16.7 Å². The first kappa shape index (κ1) is 18.9. The summed E-state index contributed by atoms with van der Waals surface area (Å²) in [5.41, 5.74) is 5.37. The van der Waals surface area contributed by atoms with E-state index in [9.17, 15) is 9.59 Å². The molecule has 0 aromatic heterocycles. The van der Waals surface area contributed by atoms with Gasteiger partial charge in [-0.3, -0.25) is 9.59 Å². The molecule has 2 N–H and O–H groups in total. The lowest BCUT2D eigenvalue weighted by Crippen LogP contribution is -2.32. The van der Waals surface area contributed by atoms with Crippen molar-refractivity contribution in [1.29, 1.82) is 0 Å². The van der Waals surface area contributed by atoms with Gasteiger partial charge in [-0.05, 0) is 54.8 Å². The summed E-state index contributed by atoms with van der Waals surface area (Å²) in [7, 11) is 0. The van der Waals surface area contributed by atoms with Crippen LogP contribution in [0.2, 0.25) is 0 Å². The number of hydrogen-bond donors (Lipinski definition) is 2. The van der Waals surface area contributed by atoms with Crippen LogP contribution in [0, 0.1) is 13.8 Å². The van der Waals surface area contributed by atoms with Gasteiger partial charge in [0, 0.05) is 5.69 Å². The summed E-state index contributed by atoms with van der Waals surface area (Å²) < 4.78 is 5.37. The van der Waals surface area contributed by atoms with E-state index in [0.29, 0.717) is 18.0 Å². The Morgan fingerprint density at radius 3 is 2.35 bits per heavy atom. The van der Waals surface area contributed by atoms with E-state index in [1.165, 1.54) is 6.21 Å². The molecule has 0 fully saturated rings. The lowest BCUT2D eigenvalue weighted by molar-refractivity contribution is -0.136. The van der Waals surface area contributed by atoms with Gasteiger partial charge >= 0.3 is 11.8 Å². The fourth-order valence-corrected chi connectivity index (χ4v) is 2.20. The number of nitrogens with one attached hydrogen (secondary N) is 2. The Morgan fingerprint density at radius 1 is 1.08 bits per heavy atom. The molecule has 6 heteroatoms. The quantitative estimate of drug-likeness (QED) is 0.363. The molecule has 0 aliphatic carbocycles. The molecule has 0 atom stereocenters. The number of benzene rings is 2. The molecule has 0 spiro atoms. The molecule has 2 aromatic rings. The van der Waals surface area contributed by atoms with Crippen molar-refractivity contribution in [3.63, 3.8) is 0 Å². The van der Waals surface area contributed by atoms with Gasteiger partial charge in [0.15, 0.2) is 0 Å². The molecule has 2 amide bonds. The normalized spacial score (nSPS) is 10.4. The predicted octanol–water partition coefficient (Wildman–Crippen LogP) is 2.96. The highest BCUT2D eigenvalue weighted by molar-refractivity contribution is 6.39. The number of aryl methyl sites for hydroxylation is 2. The number of ether oxygens (including phenoxy) is 1. The zero-order chi connectivity index (χ0) is 18.9. The minimum atomic E-state index is -0.838. The monoisotopic (exact) mass is 351 g/mol. The van der Waals surface area contributed by atoms with Crippen molar-refractivity contribution in [3.05, 3.63) is 71.8 Å². The molecule has 26 heavy (non-hydrogen) atoms. The van der Waals surface area contributed by atoms with Crippen LogP contribution in [-0.2, 0) is 9.59 Å². The Labute approximate surface area is 152 Å². The molecule has 0 radical (unpaired) electrons. The zero-order valence-electron chi connectivity index (χ0n) is 14.8. The molecule has 0 heterocycles. The molecule has 2 rings (SSSR count). The largest absolute Gasteiger partial charge is 0.490 e. The Bertz CT molecular complexity index is 806. The maximum Gasteiger partial charge on any atom is 0.329 e. The second-order valence-electron chi connectivity index (χ2n) is 5.59. The molecule has 0 aliphatic rings. The van der Waals surface area contributed by atoms with E-state index in [-0.39, 0.29) is 0 Å². The molecule has 134 valence electrons. The van der Waals surface area contributed by atoms with Gasteiger partial charge < -0.3 is 10.1 Å². The summed E-state index contributed by atoms with van der Waals surface area (Å²) in [6, 6.07) is 12.7. The lowest BCUT2D eigenvalue weighted by atomic mass is 10.1. The number of hydrazone groups is 1. The van der Waals surface area contributed by atoms with Crippen LogP contribution >= 0.6 is 0 Å². The smallest absolute Gasteiger partial charge is 0.329 e. The molecule has 0 bridgehead atoms. The summed E-state index contributed by atoms with van der Waals surface area (Å²) in [5.74, 6) is -0.901. The number of anilines is 1. The van der Waals surface area contributed by atoms with Crippen LogP contribution in [0.4, 0.5) is 5.69 Å². The topological polar surface area (TPSA) is 79.8 Å². The molecular weight excluding hydrogens is 330 g/mol. The molecule has 0 saturated carbocycles. The molecule has 6 nitrogen and oxygen atoms in total. The summed E-state index contributed by atoms with van der Waals surface area (Å²) in [4.78, 5) is 23.8. The van der Waals surface area contributed by atoms with Crippen LogP contribution < -0.4 is 15.5 Å².